The van der Waals surface area contributed by atoms with Crippen LogP contribution < -0.4 is 0 Å². The highest BCUT2D eigenvalue weighted by atomic mass is 32.2. The predicted molar refractivity (Wildman–Crippen MR) is 121 cm³/mol. The molecule has 3 rings (SSSR count). The van der Waals surface area contributed by atoms with Gasteiger partial charge >= 0.3 is 0 Å². The van der Waals surface area contributed by atoms with Gasteiger partial charge in [-0.15, -0.1) is 10.2 Å². The van der Waals surface area contributed by atoms with Gasteiger partial charge < -0.3 is 14.4 Å². The average Bonchev–Trinajstić information content (AvgIpc) is 3.16. The van der Waals surface area contributed by atoms with Crippen LogP contribution in [-0.2, 0) is 18.4 Å². The lowest BCUT2D eigenvalue weighted by molar-refractivity contribution is -0.129. The number of nitrogens with zero attached hydrogens (tertiary/aromatic N) is 6. The summed E-state index contributed by atoms with van der Waals surface area (Å²) in [6.45, 7) is 4.74. The van der Waals surface area contributed by atoms with E-state index in [1.165, 1.54) is 17.8 Å². The van der Waals surface area contributed by atoms with Crippen LogP contribution in [0.4, 0.5) is 4.39 Å². The number of piperidine rings is 1. The zero-order chi connectivity index (χ0) is 22.2. The quantitative estimate of drug-likeness (QED) is 0.520. The number of likely N-dealkylation sites (N-methyl/N-ethyl adjacent to an activating group) is 1. The Morgan fingerprint density at radius 1 is 1.29 bits per heavy atom. The third kappa shape index (κ3) is 7.29. The van der Waals surface area contributed by atoms with Gasteiger partial charge in [0.1, 0.15) is 12.1 Å². The molecule has 1 amide bonds. The number of carbonyl (C=O) groups is 1. The van der Waals surface area contributed by atoms with E-state index in [9.17, 15) is 9.18 Å². The molecule has 0 aliphatic carbocycles. The summed E-state index contributed by atoms with van der Waals surface area (Å²) in [4.78, 5) is 19.4. The largest absolute Gasteiger partial charge is 0.340 e. The molecule has 0 spiro atoms. The van der Waals surface area contributed by atoms with Crippen molar-refractivity contribution < 1.29 is 9.18 Å². The minimum atomic E-state index is -0.145. The fourth-order valence-electron chi connectivity index (χ4n) is 3.88. The topological polar surface area (TPSA) is 57.5 Å². The third-order valence-corrected chi connectivity index (χ3v) is 6.62. The van der Waals surface area contributed by atoms with Crippen LogP contribution in [0.3, 0.4) is 0 Å². The predicted octanol–water partition coefficient (Wildman–Crippen LogP) is 2.35. The van der Waals surface area contributed by atoms with E-state index < -0.39 is 0 Å². The molecule has 1 aliphatic rings. The molecule has 1 atom stereocenters. The van der Waals surface area contributed by atoms with Crippen LogP contribution in [0.25, 0.3) is 0 Å². The lowest BCUT2D eigenvalue weighted by atomic mass is 9.96. The Hall–Kier alpha value is -1.97. The zero-order valence-electron chi connectivity index (χ0n) is 18.7. The first-order valence-electron chi connectivity index (χ1n) is 10.8. The smallest absolute Gasteiger partial charge is 0.233 e. The Morgan fingerprint density at radius 2 is 2.10 bits per heavy atom. The van der Waals surface area contributed by atoms with Crippen molar-refractivity contribution in [3.8, 4) is 0 Å². The van der Waals surface area contributed by atoms with E-state index >= 15 is 0 Å². The average molecular weight is 449 g/mol. The Kier molecular flexibility index (Phi) is 8.86. The molecule has 0 saturated carbocycles. The van der Waals surface area contributed by atoms with Crippen LogP contribution in [0.5, 0.6) is 0 Å². The Labute approximate surface area is 188 Å². The minimum Gasteiger partial charge on any atom is -0.340 e. The van der Waals surface area contributed by atoms with Crippen molar-refractivity contribution in [2.75, 3.05) is 52.6 Å². The Morgan fingerprint density at radius 3 is 2.81 bits per heavy atom. The van der Waals surface area contributed by atoms with Crippen LogP contribution >= 0.6 is 11.8 Å². The van der Waals surface area contributed by atoms with Crippen molar-refractivity contribution in [3.05, 3.63) is 42.0 Å². The third-order valence-electron chi connectivity index (χ3n) is 5.60. The van der Waals surface area contributed by atoms with Crippen molar-refractivity contribution in [3.63, 3.8) is 0 Å². The minimum absolute atomic E-state index is 0.126. The first-order chi connectivity index (χ1) is 14.9. The normalized spacial score (nSPS) is 17.3. The first kappa shape index (κ1) is 23.7. The van der Waals surface area contributed by atoms with Crippen molar-refractivity contribution in [2.24, 2.45) is 13.0 Å². The molecule has 1 aliphatic heterocycles. The second-order valence-corrected chi connectivity index (χ2v) is 9.43. The van der Waals surface area contributed by atoms with Crippen LogP contribution in [0.1, 0.15) is 18.4 Å². The highest BCUT2D eigenvalue weighted by Gasteiger charge is 2.25. The summed E-state index contributed by atoms with van der Waals surface area (Å²) < 4.78 is 15.9. The second-order valence-electron chi connectivity index (χ2n) is 8.49. The van der Waals surface area contributed by atoms with Crippen molar-refractivity contribution in [1.29, 1.82) is 0 Å². The number of rotatable bonds is 10. The maximum Gasteiger partial charge on any atom is 0.233 e. The van der Waals surface area contributed by atoms with Crippen LogP contribution in [-0.4, -0.2) is 87.9 Å². The number of likely N-dealkylation sites (tertiary alicyclic amines) is 1. The van der Waals surface area contributed by atoms with Gasteiger partial charge in [-0.1, -0.05) is 30.0 Å². The standard InChI is InChI=1S/C22H33FN6OS/c1-26(2)11-12-29(21(30)16-31-22-25-24-17-27(22)3)14-18-7-6-10-28(13-18)15-19-8-4-5-9-20(19)23/h4-5,8-9,17-18H,6-7,10-16H2,1-3H3. The molecule has 1 aromatic carbocycles. The molecule has 2 heterocycles. The summed E-state index contributed by atoms with van der Waals surface area (Å²) in [7, 11) is 5.92. The summed E-state index contributed by atoms with van der Waals surface area (Å²) in [6.07, 6.45) is 3.81. The summed E-state index contributed by atoms with van der Waals surface area (Å²) in [5.74, 6) is 0.728. The Bertz CT molecular complexity index is 845. The SMILES string of the molecule is CN(C)CCN(CC1CCCN(Cc2ccccc2F)C1)C(=O)CSc1nncn1C. The summed E-state index contributed by atoms with van der Waals surface area (Å²) in [6, 6.07) is 6.99. The number of thioether (sulfide) groups is 1. The van der Waals surface area contributed by atoms with E-state index in [0.29, 0.717) is 24.8 Å². The summed E-state index contributed by atoms with van der Waals surface area (Å²) >= 11 is 1.42. The molecule has 9 heteroatoms. The number of hydrogen-bond donors (Lipinski definition) is 0. The van der Waals surface area contributed by atoms with Gasteiger partial charge in [-0.05, 0) is 45.5 Å². The van der Waals surface area contributed by atoms with E-state index in [4.69, 9.17) is 0 Å². The summed E-state index contributed by atoms with van der Waals surface area (Å²) in [5.41, 5.74) is 0.740. The van der Waals surface area contributed by atoms with E-state index in [1.54, 1.807) is 12.4 Å². The molecule has 1 fully saturated rings. The van der Waals surface area contributed by atoms with Crippen LogP contribution in [0, 0.1) is 11.7 Å². The van der Waals surface area contributed by atoms with Crippen molar-refractivity contribution >= 4 is 17.7 Å². The molecule has 1 aromatic heterocycles. The Balaban J connectivity index is 1.57. The molecule has 2 aromatic rings. The van der Waals surface area contributed by atoms with E-state index in [1.807, 2.05) is 42.7 Å². The molecule has 0 radical (unpaired) electrons. The molecule has 1 unspecified atom stereocenters. The van der Waals surface area contributed by atoms with Gasteiger partial charge in [-0.25, -0.2) is 4.39 Å². The van der Waals surface area contributed by atoms with Crippen molar-refractivity contribution in [2.45, 2.75) is 24.5 Å². The molecule has 170 valence electrons. The number of carbonyl (C=O) groups excluding carboxylic acids is 1. The van der Waals surface area contributed by atoms with Crippen LogP contribution in [0.2, 0.25) is 0 Å². The van der Waals surface area contributed by atoms with E-state index in [-0.39, 0.29) is 11.7 Å². The highest BCUT2D eigenvalue weighted by molar-refractivity contribution is 7.99. The fraction of sp³-hybridized carbons (Fsp3) is 0.591. The van der Waals surface area contributed by atoms with Gasteiger partial charge in [-0.2, -0.15) is 0 Å². The molecule has 0 bridgehead atoms. The van der Waals surface area contributed by atoms with Gasteiger partial charge in [0.15, 0.2) is 5.16 Å². The van der Waals surface area contributed by atoms with Gasteiger partial charge in [0.2, 0.25) is 5.91 Å². The molecular formula is C22H33FN6OS. The van der Waals surface area contributed by atoms with Gasteiger partial charge in [0, 0.05) is 45.3 Å². The number of hydrogen-bond acceptors (Lipinski definition) is 6. The molecule has 0 N–H and O–H groups in total. The van der Waals surface area contributed by atoms with Crippen molar-refractivity contribution in [1.82, 2.24) is 29.5 Å². The lowest BCUT2D eigenvalue weighted by Gasteiger charge is -2.36. The molecule has 7 nitrogen and oxygen atoms in total. The first-order valence-corrected chi connectivity index (χ1v) is 11.8. The van der Waals surface area contributed by atoms with E-state index in [2.05, 4.69) is 20.0 Å². The lowest BCUT2D eigenvalue weighted by Crippen LogP contribution is -2.45. The maximum atomic E-state index is 14.1. The number of aromatic nitrogens is 3. The second kappa shape index (κ2) is 11.6. The van der Waals surface area contributed by atoms with E-state index in [0.717, 1.165) is 49.7 Å². The number of benzene rings is 1. The van der Waals surface area contributed by atoms with Gasteiger partial charge in [0.05, 0.1) is 5.75 Å². The number of amides is 1. The molecule has 31 heavy (non-hydrogen) atoms. The number of aryl methyl sites for hydroxylation is 1. The fourth-order valence-corrected chi connectivity index (χ4v) is 4.67. The molecule has 1 saturated heterocycles. The highest BCUT2D eigenvalue weighted by Crippen LogP contribution is 2.22. The van der Waals surface area contributed by atoms with Gasteiger partial charge in [0.25, 0.3) is 0 Å². The van der Waals surface area contributed by atoms with Crippen LogP contribution in [0.15, 0.2) is 35.7 Å². The monoisotopic (exact) mass is 448 g/mol. The molecular weight excluding hydrogens is 415 g/mol. The summed E-state index contributed by atoms with van der Waals surface area (Å²) in [5, 5.41) is 8.67. The number of halogens is 1. The maximum absolute atomic E-state index is 14.1. The van der Waals surface area contributed by atoms with Gasteiger partial charge in [-0.3, -0.25) is 9.69 Å². The zero-order valence-corrected chi connectivity index (χ0v) is 19.5.